The number of anilines is 1. The first-order valence-electron chi connectivity index (χ1n) is 7.46. The number of thioether (sulfide) groups is 1. The lowest BCUT2D eigenvalue weighted by atomic mass is 10.2. The highest BCUT2D eigenvalue weighted by atomic mass is 32.2. The number of aromatic nitrogens is 1. The second kappa shape index (κ2) is 6.56. The van der Waals surface area contributed by atoms with Crippen molar-refractivity contribution in [2.75, 3.05) is 37.0 Å². The van der Waals surface area contributed by atoms with Gasteiger partial charge in [0.2, 0.25) is 5.91 Å². The second-order valence-corrected chi connectivity index (χ2v) is 8.15. The van der Waals surface area contributed by atoms with Gasteiger partial charge in [0.15, 0.2) is 0 Å². The molecule has 4 nitrogen and oxygen atoms in total. The van der Waals surface area contributed by atoms with Crippen LogP contribution in [0.2, 0.25) is 0 Å². The zero-order chi connectivity index (χ0) is 15.7. The van der Waals surface area contributed by atoms with Crippen LogP contribution in [0.1, 0.15) is 11.4 Å². The van der Waals surface area contributed by atoms with Crippen molar-refractivity contribution in [3.8, 4) is 0 Å². The van der Waals surface area contributed by atoms with E-state index >= 15 is 0 Å². The minimum absolute atomic E-state index is 0.139. The normalized spacial score (nSPS) is 18.3. The summed E-state index contributed by atoms with van der Waals surface area (Å²) in [4.78, 5) is 20.9. The van der Waals surface area contributed by atoms with E-state index < -0.39 is 0 Å². The van der Waals surface area contributed by atoms with Gasteiger partial charge in [0.05, 0.1) is 21.8 Å². The van der Waals surface area contributed by atoms with E-state index in [1.54, 1.807) is 16.2 Å². The summed E-state index contributed by atoms with van der Waals surface area (Å²) in [6.45, 7) is 2.48. The molecule has 1 unspecified atom stereocenters. The Morgan fingerprint density at radius 1 is 1.41 bits per heavy atom. The molecule has 2 heterocycles. The molecule has 1 aliphatic rings. The summed E-state index contributed by atoms with van der Waals surface area (Å²) in [6, 6.07) is 6.57. The second-order valence-electron chi connectivity index (χ2n) is 5.77. The first-order chi connectivity index (χ1) is 10.5. The monoisotopic (exact) mass is 335 g/mol. The number of hydrogen-bond acceptors (Lipinski definition) is 5. The van der Waals surface area contributed by atoms with Crippen molar-refractivity contribution in [3.05, 3.63) is 23.2 Å². The highest BCUT2D eigenvalue weighted by molar-refractivity contribution is 7.99. The van der Waals surface area contributed by atoms with E-state index in [4.69, 9.17) is 0 Å². The molecule has 0 spiro atoms. The first-order valence-corrected chi connectivity index (χ1v) is 9.43. The molecule has 6 heteroatoms. The van der Waals surface area contributed by atoms with E-state index in [0.717, 1.165) is 26.7 Å². The fourth-order valence-electron chi connectivity index (χ4n) is 2.70. The Bertz CT molecular complexity index is 679. The predicted octanol–water partition coefficient (Wildman–Crippen LogP) is 3.00. The average molecular weight is 335 g/mol. The number of carbonyl (C=O) groups is 1. The fourth-order valence-corrected chi connectivity index (χ4v) is 4.86. The van der Waals surface area contributed by atoms with Crippen LogP contribution >= 0.6 is 23.1 Å². The van der Waals surface area contributed by atoms with Crippen molar-refractivity contribution < 1.29 is 4.79 Å². The van der Waals surface area contributed by atoms with Crippen molar-refractivity contribution >= 4 is 44.9 Å². The van der Waals surface area contributed by atoms with E-state index in [2.05, 4.69) is 23.0 Å². The van der Waals surface area contributed by atoms with Gasteiger partial charge in [-0.3, -0.25) is 9.69 Å². The summed E-state index contributed by atoms with van der Waals surface area (Å²) in [6.07, 6.45) is 1.18. The molecule has 1 aromatic heterocycles. The molecule has 0 bridgehead atoms. The number of nitrogens with zero attached hydrogens (tertiary/aromatic N) is 3. The maximum Gasteiger partial charge on any atom is 0.240 e. The average Bonchev–Trinajstić information content (AvgIpc) is 3.13. The van der Waals surface area contributed by atoms with Crippen LogP contribution in [0.5, 0.6) is 0 Å². The third-order valence-corrected chi connectivity index (χ3v) is 6.23. The lowest BCUT2D eigenvalue weighted by Gasteiger charge is -2.26. The van der Waals surface area contributed by atoms with Crippen LogP contribution in [0, 0.1) is 6.92 Å². The first kappa shape index (κ1) is 15.8. The standard InChI is InChI=1S/C16H21N3OS2/c1-11-17-14-5-4-12(8-15(14)22-11)19(3)16(20)9-18(2)13-6-7-21-10-13/h4-5,8,13H,6-7,9-10H2,1-3H3. The smallest absolute Gasteiger partial charge is 0.240 e. The molecule has 2 aromatic rings. The maximum atomic E-state index is 12.5. The summed E-state index contributed by atoms with van der Waals surface area (Å²) in [7, 11) is 3.91. The Morgan fingerprint density at radius 3 is 2.95 bits per heavy atom. The van der Waals surface area contributed by atoms with Gasteiger partial charge in [0.1, 0.15) is 0 Å². The van der Waals surface area contributed by atoms with E-state index in [1.807, 2.05) is 37.9 Å². The van der Waals surface area contributed by atoms with Crippen LogP contribution < -0.4 is 4.90 Å². The molecule has 3 rings (SSSR count). The summed E-state index contributed by atoms with van der Waals surface area (Å²) < 4.78 is 1.13. The maximum absolute atomic E-state index is 12.5. The van der Waals surface area contributed by atoms with E-state index in [-0.39, 0.29) is 5.91 Å². The Balaban J connectivity index is 1.70. The van der Waals surface area contributed by atoms with Crippen LogP contribution in [0.4, 0.5) is 5.69 Å². The molecule has 1 aliphatic heterocycles. The van der Waals surface area contributed by atoms with E-state index in [9.17, 15) is 4.79 Å². The fraction of sp³-hybridized carbons (Fsp3) is 0.500. The number of amides is 1. The molecule has 22 heavy (non-hydrogen) atoms. The predicted molar refractivity (Wildman–Crippen MR) is 96.1 cm³/mol. The number of fused-ring (bicyclic) bond motifs is 1. The van der Waals surface area contributed by atoms with Crippen molar-refractivity contribution in [1.29, 1.82) is 0 Å². The zero-order valence-electron chi connectivity index (χ0n) is 13.2. The van der Waals surface area contributed by atoms with Gasteiger partial charge in [0, 0.05) is 24.5 Å². The van der Waals surface area contributed by atoms with Gasteiger partial charge >= 0.3 is 0 Å². The number of hydrogen-bond donors (Lipinski definition) is 0. The third-order valence-electron chi connectivity index (χ3n) is 4.15. The Morgan fingerprint density at radius 2 is 2.23 bits per heavy atom. The molecule has 1 amide bonds. The molecule has 0 aliphatic carbocycles. The Hall–Kier alpha value is -1.11. The minimum Gasteiger partial charge on any atom is -0.314 e. The Kier molecular flexibility index (Phi) is 4.70. The summed E-state index contributed by atoms with van der Waals surface area (Å²) in [5.41, 5.74) is 1.95. The van der Waals surface area contributed by atoms with Crippen LogP contribution in [0.25, 0.3) is 10.2 Å². The topological polar surface area (TPSA) is 36.4 Å². The van der Waals surface area contributed by atoms with Crippen molar-refractivity contribution in [1.82, 2.24) is 9.88 Å². The number of aryl methyl sites for hydroxylation is 1. The number of rotatable bonds is 4. The van der Waals surface area contributed by atoms with Crippen molar-refractivity contribution in [2.45, 2.75) is 19.4 Å². The summed E-state index contributed by atoms with van der Waals surface area (Å²) >= 11 is 3.64. The molecule has 118 valence electrons. The molecule has 1 saturated heterocycles. The molecule has 0 saturated carbocycles. The third kappa shape index (κ3) is 3.29. The van der Waals surface area contributed by atoms with E-state index in [0.29, 0.717) is 12.6 Å². The molecular weight excluding hydrogens is 314 g/mol. The van der Waals surface area contributed by atoms with Gasteiger partial charge in [-0.25, -0.2) is 4.98 Å². The van der Waals surface area contributed by atoms with Crippen molar-refractivity contribution in [3.63, 3.8) is 0 Å². The largest absolute Gasteiger partial charge is 0.314 e. The van der Waals surface area contributed by atoms with Crippen molar-refractivity contribution in [2.24, 2.45) is 0 Å². The molecule has 0 N–H and O–H groups in total. The van der Waals surface area contributed by atoms with E-state index in [1.165, 1.54) is 12.2 Å². The number of carbonyl (C=O) groups excluding carboxylic acids is 1. The molecule has 0 radical (unpaired) electrons. The molecule has 1 atom stereocenters. The van der Waals surface area contributed by atoms with Crippen LogP contribution in [0.3, 0.4) is 0 Å². The van der Waals surface area contributed by atoms with Gasteiger partial charge in [-0.1, -0.05) is 0 Å². The van der Waals surface area contributed by atoms with Crippen LogP contribution in [-0.2, 0) is 4.79 Å². The SMILES string of the molecule is Cc1nc2ccc(N(C)C(=O)CN(C)C3CCSC3)cc2s1. The van der Waals surface area contributed by atoms with Gasteiger partial charge in [-0.2, -0.15) is 11.8 Å². The summed E-state index contributed by atoms with van der Waals surface area (Å²) in [5, 5.41) is 1.06. The summed E-state index contributed by atoms with van der Waals surface area (Å²) in [5.74, 6) is 2.49. The Labute approximate surface area is 139 Å². The number of benzene rings is 1. The van der Waals surface area contributed by atoms with Gasteiger partial charge in [0.25, 0.3) is 0 Å². The number of likely N-dealkylation sites (N-methyl/N-ethyl adjacent to an activating group) is 2. The zero-order valence-corrected chi connectivity index (χ0v) is 14.8. The minimum atomic E-state index is 0.139. The number of thiazole rings is 1. The van der Waals surface area contributed by atoms with Gasteiger partial charge in [-0.15, -0.1) is 11.3 Å². The molecular formula is C16H21N3OS2. The lowest BCUT2D eigenvalue weighted by Crippen LogP contribution is -2.41. The molecule has 1 aromatic carbocycles. The quantitative estimate of drug-likeness (QED) is 0.861. The van der Waals surface area contributed by atoms with Crippen LogP contribution in [0.15, 0.2) is 18.2 Å². The van der Waals surface area contributed by atoms with Gasteiger partial charge in [-0.05, 0) is 44.3 Å². The van der Waals surface area contributed by atoms with Crippen LogP contribution in [-0.4, -0.2) is 54.0 Å². The highest BCUT2D eigenvalue weighted by Gasteiger charge is 2.23. The lowest BCUT2D eigenvalue weighted by molar-refractivity contribution is -0.119. The molecule has 1 fully saturated rings. The van der Waals surface area contributed by atoms with Gasteiger partial charge < -0.3 is 4.90 Å². The highest BCUT2D eigenvalue weighted by Crippen LogP contribution is 2.26.